The fourth-order valence-electron chi connectivity index (χ4n) is 3.69. The number of hydrogen-bond acceptors (Lipinski definition) is 3. The minimum atomic E-state index is -0.0346. The molecule has 1 aliphatic rings. The lowest BCUT2D eigenvalue weighted by atomic mass is 10.0. The monoisotopic (exact) mass is 369 g/mol. The van der Waals surface area contributed by atoms with Crippen molar-refractivity contribution < 1.29 is 14.3 Å². The Kier molecular flexibility index (Phi) is 5.54. The second-order valence-electron chi connectivity index (χ2n) is 7.17. The van der Waals surface area contributed by atoms with Crippen LogP contribution in [0.2, 0.25) is 0 Å². The summed E-state index contributed by atoms with van der Waals surface area (Å²) >= 11 is 0. The summed E-state index contributed by atoms with van der Waals surface area (Å²) in [6, 6.07) is 5.72. The van der Waals surface area contributed by atoms with Gasteiger partial charge in [0.05, 0.1) is 18.2 Å². The summed E-state index contributed by atoms with van der Waals surface area (Å²) in [6.07, 6.45) is 4.46. The Labute approximate surface area is 160 Å². The molecule has 3 rings (SSSR count). The number of nitrogens with zero attached hydrogens (tertiary/aromatic N) is 3. The third kappa shape index (κ3) is 3.99. The molecule has 0 spiro atoms. The van der Waals surface area contributed by atoms with E-state index in [9.17, 15) is 9.59 Å². The van der Waals surface area contributed by atoms with Gasteiger partial charge < -0.3 is 19.1 Å². The van der Waals surface area contributed by atoms with Gasteiger partial charge in [-0.2, -0.15) is 0 Å². The number of carbonyl (C=O) groups is 2. The molecular formula is C21H27N3O3. The van der Waals surface area contributed by atoms with E-state index in [2.05, 4.69) is 0 Å². The van der Waals surface area contributed by atoms with Crippen LogP contribution >= 0.6 is 0 Å². The van der Waals surface area contributed by atoms with Gasteiger partial charge in [0.2, 0.25) is 0 Å². The molecule has 0 aliphatic carbocycles. The van der Waals surface area contributed by atoms with E-state index < -0.39 is 0 Å². The maximum atomic E-state index is 13.1. The van der Waals surface area contributed by atoms with Gasteiger partial charge in [0.25, 0.3) is 11.8 Å². The van der Waals surface area contributed by atoms with E-state index >= 15 is 0 Å². The van der Waals surface area contributed by atoms with Crippen molar-refractivity contribution in [3.05, 3.63) is 52.8 Å². The van der Waals surface area contributed by atoms with Crippen molar-refractivity contribution >= 4 is 11.8 Å². The average Bonchev–Trinajstić information content (AvgIpc) is 2.92. The molecule has 0 N–H and O–H groups in total. The standard InChI is InChI=1S/C21H27N3O3/c1-15-12-16(2)19(27-4)18(13-15)21(26)24-8-5-7-23(10-11-24)20(25)17-6-9-22(3)14-17/h6,9,12-14H,5,7-8,10-11H2,1-4H3. The maximum Gasteiger partial charge on any atom is 0.257 e. The molecule has 1 aliphatic heterocycles. The lowest BCUT2D eigenvalue weighted by Crippen LogP contribution is -2.37. The number of aryl methyl sites for hydroxylation is 3. The molecule has 2 amide bonds. The van der Waals surface area contributed by atoms with E-state index in [1.807, 2.05) is 65.9 Å². The van der Waals surface area contributed by atoms with E-state index in [1.165, 1.54) is 0 Å². The van der Waals surface area contributed by atoms with Gasteiger partial charge in [-0.3, -0.25) is 9.59 Å². The van der Waals surface area contributed by atoms with Crippen molar-refractivity contribution in [3.8, 4) is 5.75 Å². The molecule has 2 aromatic rings. The Hall–Kier alpha value is -2.76. The molecule has 0 unspecified atom stereocenters. The normalized spacial score (nSPS) is 14.8. The van der Waals surface area contributed by atoms with Crippen molar-refractivity contribution in [2.75, 3.05) is 33.3 Å². The first-order chi connectivity index (χ1) is 12.9. The molecule has 1 fully saturated rings. The van der Waals surface area contributed by atoms with Gasteiger partial charge in [-0.15, -0.1) is 0 Å². The van der Waals surface area contributed by atoms with E-state index in [-0.39, 0.29) is 11.8 Å². The summed E-state index contributed by atoms with van der Waals surface area (Å²) in [4.78, 5) is 29.5. The van der Waals surface area contributed by atoms with Crippen molar-refractivity contribution in [1.29, 1.82) is 0 Å². The Morgan fingerprint density at radius 3 is 2.26 bits per heavy atom. The third-order valence-electron chi connectivity index (χ3n) is 5.00. The summed E-state index contributed by atoms with van der Waals surface area (Å²) in [5.41, 5.74) is 3.27. The Balaban J connectivity index is 1.75. The molecule has 144 valence electrons. The second-order valence-corrected chi connectivity index (χ2v) is 7.17. The Morgan fingerprint density at radius 1 is 1.00 bits per heavy atom. The first-order valence-corrected chi connectivity index (χ1v) is 9.26. The molecule has 27 heavy (non-hydrogen) atoms. The topological polar surface area (TPSA) is 54.8 Å². The van der Waals surface area contributed by atoms with E-state index in [0.29, 0.717) is 43.1 Å². The van der Waals surface area contributed by atoms with Crippen LogP contribution in [0, 0.1) is 13.8 Å². The van der Waals surface area contributed by atoms with Crippen LogP contribution in [0.4, 0.5) is 0 Å². The van der Waals surface area contributed by atoms with Gasteiger partial charge in [0.15, 0.2) is 0 Å². The van der Waals surface area contributed by atoms with Gasteiger partial charge >= 0.3 is 0 Å². The molecule has 0 bridgehead atoms. The maximum absolute atomic E-state index is 13.1. The zero-order chi connectivity index (χ0) is 19.6. The Bertz CT molecular complexity index is 856. The SMILES string of the molecule is COc1c(C)cc(C)cc1C(=O)N1CCCN(C(=O)c2ccn(C)c2)CC1. The highest BCUT2D eigenvalue weighted by atomic mass is 16.5. The minimum absolute atomic E-state index is 0.0221. The molecule has 0 saturated carbocycles. The van der Waals surface area contributed by atoms with E-state index in [4.69, 9.17) is 4.74 Å². The summed E-state index contributed by atoms with van der Waals surface area (Å²) in [6.45, 7) is 6.27. The highest BCUT2D eigenvalue weighted by Crippen LogP contribution is 2.26. The molecule has 2 heterocycles. The van der Waals surface area contributed by atoms with Crippen LogP contribution < -0.4 is 4.74 Å². The first kappa shape index (κ1) is 19.0. The molecule has 1 aromatic heterocycles. The van der Waals surface area contributed by atoms with Crippen LogP contribution in [0.3, 0.4) is 0 Å². The average molecular weight is 369 g/mol. The minimum Gasteiger partial charge on any atom is -0.496 e. The molecular weight excluding hydrogens is 342 g/mol. The molecule has 0 atom stereocenters. The summed E-state index contributed by atoms with van der Waals surface area (Å²) in [5, 5.41) is 0. The van der Waals surface area contributed by atoms with E-state index in [1.54, 1.807) is 7.11 Å². The second kappa shape index (κ2) is 7.86. The van der Waals surface area contributed by atoms with Crippen molar-refractivity contribution in [2.24, 2.45) is 7.05 Å². The van der Waals surface area contributed by atoms with Crippen molar-refractivity contribution in [2.45, 2.75) is 20.3 Å². The highest BCUT2D eigenvalue weighted by Gasteiger charge is 2.26. The highest BCUT2D eigenvalue weighted by molar-refractivity contribution is 5.98. The van der Waals surface area contributed by atoms with Crippen LogP contribution in [0.15, 0.2) is 30.6 Å². The van der Waals surface area contributed by atoms with Crippen LogP contribution in [0.5, 0.6) is 5.75 Å². The predicted molar refractivity (Wildman–Crippen MR) is 104 cm³/mol. The number of ether oxygens (including phenoxy) is 1. The fraction of sp³-hybridized carbons (Fsp3) is 0.429. The van der Waals surface area contributed by atoms with Crippen LogP contribution in [-0.4, -0.2) is 59.5 Å². The van der Waals surface area contributed by atoms with Crippen LogP contribution in [0.1, 0.15) is 38.3 Å². The number of benzene rings is 1. The molecule has 0 radical (unpaired) electrons. The van der Waals surface area contributed by atoms with Gasteiger partial charge in [-0.1, -0.05) is 6.07 Å². The quantitative estimate of drug-likeness (QED) is 0.836. The van der Waals surface area contributed by atoms with Gasteiger partial charge in [-0.05, 0) is 43.5 Å². The number of rotatable bonds is 3. The van der Waals surface area contributed by atoms with Crippen molar-refractivity contribution in [3.63, 3.8) is 0 Å². The largest absolute Gasteiger partial charge is 0.496 e. The summed E-state index contributed by atoms with van der Waals surface area (Å²) in [7, 11) is 3.49. The predicted octanol–water partition coefficient (Wildman–Crippen LogP) is 2.64. The Morgan fingerprint density at radius 2 is 1.67 bits per heavy atom. The zero-order valence-corrected chi connectivity index (χ0v) is 16.5. The molecule has 1 saturated heterocycles. The number of amides is 2. The third-order valence-corrected chi connectivity index (χ3v) is 5.00. The number of carbonyl (C=O) groups excluding carboxylic acids is 2. The number of hydrogen-bond donors (Lipinski definition) is 0. The van der Waals surface area contributed by atoms with Gasteiger partial charge in [0, 0.05) is 45.6 Å². The lowest BCUT2D eigenvalue weighted by molar-refractivity contribution is 0.0717. The van der Waals surface area contributed by atoms with E-state index in [0.717, 1.165) is 17.5 Å². The summed E-state index contributed by atoms with van der Waals surface area (Å²) < 4.78 is 7.35. The summed E-state index contributed by atoms with van der Waals surface area (Å²) in [5.74, 6) is 0.619. The molecule has 6 heteroatoms. The number of aromatic nitrogens is 1. The smallest absolute Gasteiger partial charge is 0.257 e. The van der Waals surface area contributed by atoms with Crippen molar-refractivity contribution in [1.82, 2.24) is 14.4 Å². The van der Waals surface area contributed by atoms with Crippen LogP contribution in [-0.2, 0) is 7.05 Å². The van der Waals surface area contributed by atoms with Gasteiger partial charge in [-0.25, -0.2) is 0 Å². The lowest BCUT2D eigenvalue weighted by Gasteiger charge is -2.23. The van der Waals surface area contributed by atoms with Gasteiger partial charge in [0.1, 0.15) is 5.75 Å². The zero-order valence-electron chi connectivity index (χ0n) is 16.5. The number of methoxy groups -OCH3 is 1. The molecule has 6 nitrogen and oxygen atoms in total. The fourth-order valence-corrected chi connectivity index (χ4v) is 3.69. The van der Waals surface area contributed by atoms with Crippen LogP contribution in [0.25, 0.3) is 0 Å². The first-order valence-electron chi connectivity index (χ1n) is 9.26. The molecule has 1 aromatic carbocycles.